The molecule has 4 nitrogen and oxygen atoms in total. The molecule has 0 aliphatic carbocycles. The van der Waals surface area contributed by atoms with Gasteiger partial charge in [-0.2, -0.15) is 0 Å². The Kier molecular flexibility index (Phi) is 5.49. The predicted molar refractivity (Wildman–Crippen MR) is 108 cm³/mol. The fourth-order valence-corrected chi connectivity index (χ4v) is 4.22. The third-order valence-corrected chi connectivity index (χ3v) is 4.93. The standard InChI is InChI=1S/C19H18Br2N2O2/c1-11(24)22-6-5-16-17-10-15(25-2)3-4-18(17)23-19(16)12-7-13(20)9-14(21)8-12/h3-4,7-10,23H,5-6H2,1-2H3,(H,22,24). The number of hydrogen-bond donors (Lipinski definition) is 2. The molecule has 0 saturated heterocycles. The summed E-state index contributed by atoms with van der Waals surface area (Å²) in [7, 11) is 1.66. The summed E-state index contributed by atoms with van der Waals surface area (Å²) < 4.78 is 7.38. The van der Waals surface area contributed by atoms with Crippen LogP contribution in [-0.2, 0) is 11.2 Å². The molecular weight excluding hydrogens is 448 g/mol. The summed E-state index contributed by atoms with van der Waals surface area (Å²) in [4.78, 5) is 14.7. The van der Waals surface area contributed by atoms with Crippen molar-refractivity contribution in [3.63, 3.8) is 0 Å². The van der Waals surface area contributed by atoms with Crippen molar-refractivity contribution >= 4 is 48.7 Å². The number of aromatic amines is 1. The van der Waals surface area contributed by atoms with E-state index in [4.69, 9.17) is 4.74 Å². The van der Waals surface area contributed by atoms with Crippen LogP contribution in [0.4, 0.5) is 0 Å². The van der Waals surface area contributed by atoms with E-state index in [2.05, 4.69) is 54.3 Å². The van der Waals surface area contributed by atoms with Crippen LogP contribution in [0.3, 0.4) is 0 Å². The highest BCUT2D eigenvalue weighted by molar-refractivity contribution is 9.11. The third kappa shape index (κ3) is 4.07. The smallest absolute Gasteiger partial charge is 0.216 e. The van der Waals surface area contributed by atoms with Crippen LogP contribution in [0.25, 0.3) is 22.2 Å². The summed E-state index contributed by atoms with van der Waals surface area (Å²) in [5.41, 5.74) is 4.34. The van der Waals surface area contributed by atoms with Gasteiger partial charge in [0, 0.05) is 44.6 Å². The summed E-state index contributed by atoms with van der Waals surface area (Å²) in [5, 5.41) is 3.98. The molecule has 0 aliphatic heterocycles. The third-order valence-electron chi connectivity index (χ3n) is 4.01. The molecule has 0 fully saturated rings. The second-order valence-corrected chi connectivity index (χ2v) is 7.61. The van der Waals surface area contributed by atoms with Crippen LogP contribution in [0, 0.1) is 0 Å². The zero-order valence-electron chi connectivity index (χ0n) is 14.0. The van der Waals surface area contributed by atoms with E-state index < -0.39 is 0 Å². The number of carbonyl (C=O) groups is 1. The SMILES string of the molecule is COc1ccc2[nH]c(-c3cc(Br)cc(Br)c3)c(CCNC(C)=O)c2c1. The molecule has 2 aromatic carbocycles. The first-order valence-corrected chi connectivity index (χ1v) is 9.46. The van der Waals surface area contributed by atoms with Gasteiger partial charge in [0.2, 0.25) is 5.91 Å². The molecule has 0 aliphatic rings. The summed E-state index contributed by atoms with van der Waals surface area (Å²) in [6.07, 6.45) is 0.728. The Morgan fingerprint density at radius 1 is 1.16 bits per heavy atom. The molecule has 3 rings (SSSR count). The van der Waals surface area contributed by atoms with Crippen LogP contribution < -0.4 is 10.1 Å². The number of aromatic nitrogens is 1. The topological polar surface area (TPSA) is 54.1 Å². The minimum Gasteiger partial charge on any atom is -0.497 e. The first-order chi connectivity index (χ1) is 12.0. The Balaban J connectivity index is 2.13. The van der Waals surface area contributed by atoms with Crippen molar-refractivity contribution in [1.29, 1.82) is 0 Å². The number of hydrogen-bond acceptors (Lipinski definition) is 2. The van der Waals surface area contributed by atoms with E-state index in [1.807, 2.05) is 24.3 Å². The Labute approximate surface area is 163 Å². The summed E-state index contributed by atoms with van der Waals surface area (Å²) >= 11 is 7.10. The van der Waals surface area contributed by atoms with Crippen molar-refractivity contribution in [1.82, 2.24) is 10.3 Å². The van der Waals surface area contributed by atoms with E-state index in [9.17, 15) is 4.79 Å². The van der Waals surface area contributed by atoms with Crippen LogP contribution in [0.15, 0.2) is 45.3 Å². The Morgan fingerprint density at radius 3 is 2.52 bits per heavy atom. The number of methoxy groups -OCH3 is 1. The van der Waals surface area contributed by atoms with Gasteiger partial charge in [0.1, 0.15) is 5.75 Å². The Hall–Kier alpha value is -1.79. The maximum atomic E-state index is 11.2. The highest BCUT2D eigenvalue weighted by Crippen LogP contribution is 2.35. The zero-order chi connectivity index (χ0) is 18.0. The quantitative estimate of drug-likeness (QED) is 0.554. The van der Waals surface area contributed by atoms with Gasteiger partial charge in [0.15, 0.2) is 0 Å². The second-order valence-electron chi connectivity index (χ2n) is 5.78. The summed E-state index contributed by atoms with van der Waals surface area (Å²) in [5.74, 6) is 0.790. The van der Waals surface area contributed by atoms with Gasteiger partial charge in [-0.05, 0) is 48.4 Å². The minimum atomic E-state index is -0.0239. The average Bonchev–Trinajstić information content (AvgIpc) is 2.91. The number of fused-ring (bicyclic) bond motifs is 1. The molecule has 0 atom stereocenters. The first-order valence-electron chi connectivity index (χ1n) is 7.87. The maximum absolute atomic E-state index is 11.2. The molecule has 6 heteroatoms. The lowest BCUT2D eigenvalue weighted by Crippen LogP contribution is -2.22. The van der Waals surface area contributed by atoms with Gasteiger partial charge >= 0.3 is 0 Å². The van der Waals surface area contributed by atoms with Crippen molar-refractivity contribution in [2.24, 2.45) is 0 Å². The van der Waals surface area contributed by atoms with Crippen molar-refractivity contribution in [2.45, 2.75) is 13.3 Å². The lowest BCUT2D eigenvalue weighted by atomic mass is 10.0. The molecule has 1 heterocycles. The van der Waals surface area contributed by atoms with Crippen LogP contribution in [0.1, 0.15) is 12.5 Å². The first kappa shape index (κ1) is 18.0. The minimum absolute atomic E-state index is 0.0239. The Bertz CT molecular complexity index is 914. The Morgan fingerprint density at radius 2 is 1.88 bits per heavy atom. The van der Waals surface area contributed by atoms with Gasteiger partial charge in [-0.25, -0.2) is 0 Å². The van der Waals surface area contributed by atoms with Gasteiger partial charge in [0.05, 0.1) is 7.11 Å². The predicted octanol–water partition coefficient (Wildman–Crippen LogP) is 5.05. The fraction of sp³-hybridized carbons (Fsp3) is 0.211. The average molecular weight is 466 g/mol. The van der Waals surface area contributed by atoms with E-state index in [0.717, 1.165) is 48.8 Å². The molecule has 3 aromatic rings. The van der Waals surface area contributed by atoms with Crippen molar-refractivity contribution in [2.75, 3.05) is 13.7 Å². The monoisotopic (exact) mass is 464 g/mol. The van der Waals surface area contributed by atoms with Crippen molar-refractivity contribution < 1.29 is 9.53 Å². The number of amides is 1. The van der Waals surface area contributed by atoms with Crippen LogP contribution >= 0.6 is 31.9 Å². The van der Waals surface area contributed by atoms with E-state index in [0.29, 0.717) is 6.54 Å². The lowest BCUT2D eigenvalue weighted by molar-refractivity contribution is -0.118. The van der Waals surface area contributed by atoms with Crippen molar-refractivity contribution in [3.05, 3.63) is 50.9 Å². The molecule has 130 valence electrons. The highest BCUT2D eigenvalue weighted by atomic mass is 79.9. The van der Waals surface area contributed by atoms with Gasteiger partial charge in [-0.3, -0.25) is 4.79 Å². The van der Waals surface area contributed by atoms with Crippen LogP contribution in [-0.4, -0.2) is 24.5 Å². The molecule has 0 spiro atoms. The largest absolute Gasteiger partial charge is 0.497 e. The normalized spacial score (nSPS) is 10.9. The molecule has 1 aromatic heterocycles. The number of halogens is 2. The number of carbonyl (C=O) groups excluding carboxylic acids is 1. The molecule has 0 saturated carbocycles. The number of ether oxygens (including phenoxy) is 1. The van der Waals surface area contributed by atoms with E-state index in [1.165, 1.54) is 6.92 Å². The molecular formula is C19H18Br2N2O2. The molecule has 0 bridgehead atoms. The van der Waals surface area contributed by atoms with E-state index in [-0.39, 0.29) is 5.91 Å². The van der Waals surface area contributed by atoms with Gasteiger partial charge in [-0.15, -0.1) is 0 Å². The number of nitrogens with one attached hydrogen (secondary N) is 2. The van der Waals surface area contributed by atoms with Crippen LogP contribution in [0.5, 0.6) is 5.75 Å². The van der Waals surface area contributed by atoms with Crippen molar-refractivity contribution in [3.8, 4) is 17.0 Å². The number of H-pyrrole nitrogens is 1. The van der Waals surface area contributed by atoms with E-state index in [1.54, 1.807) is 7.11 Å². The number of benzene rings is 2. The number of rotatable bonds is 5. The fourth-order valence-electron chi connectivity index (χ4n) is 2.92. The van der Waals surface area contributed by atoms with Gasteiger partial charge in [0.25, 0.3) is 0 Å². The molecule has 2 N–H and O–H groups in total. The molecule has 0 unspecified atom stereocenters. The lowest BCUT2D eigenvalue weighted by Gasteiger charge is -2.08. The van der Waals surface area contributed by atoms with Gasteiger partial charge in [-0.1, -0.05) is 31.9 Å². The van der Waals surface area contributed by atoms with Gasteiger partial charge < -0.3 is 15.0 Å². The molecule has 25 heavy (non-hydrogen) atoms. The zero-order valence-corrected chi connectivity index (χ0v) is 17.1. The van der Waals surface area contributed by atoms with Crippen LogP contribution in [0.2, 0.25) is 0 Å². The summed E-state index contributed by atoms with van der Waals surface area (Å²) in [6, 6.07) is 12.2. The maximum Gasteiger partial charge on any atom is 0.216 e. The van der Waals surface area contributed by atoms with E-state index >= 15 is 0 Å². The second kappa shape index (κ2) is 7.62. The summed E-state index contributed by atoms with van der Waals surface area (Å²) in [6.45, 7) is 2.12. The molecule has 0 radical (unpaired) electrons. The molecule has 1 amide bonds. The highest BCUT2D eigenvalue weighted by Gasteiger charge is 2.15.